The normalized spacial score (nSPS) is 14.4. The number of halogens is 2. The summed E-state index contributed by atoms with van der Waals surface area (Å²) in [4.78, 5) is 27.6. The average Bonchev–Trinajstić information content (AvgIpc) is 3.06. The maximum Gasteiger partial charge on any atom is 0.256 e. The molecular weight excluding hydrogens is 379 g/mol. The second-order valence-corrected chi connectivity index (χ2v) is 7.52. The van der Waals surface area contributed by atoms with E-state index in [1.54, 1.807) is 41.1 Å². The van der Waals surface area contributed by atoms with E-state index in [4.69, 9.17) is 11.6 Å². The molecule has 1 aromatic heterocycles. The van der Waals surface area contributed by atoms with Gasteiger partial charge in [-0.15, -0.1) is 0 Å². The molecule has 0 radical (unpaired) electrons. The summed E-state index contributed by atoms with van der Waals surface area (Å²) in [7, 11) is 0. The van der Waals surface area contributed by atoms with Crippen LogP contribution in [-0.2, 0) is 6.54 Å². The Morgan fingerprint density at radius 3 is 2.50 bits per heavy atom. The highest BCUT2D eigenvalue weighted by Gasteiger charge is 2.23. The lowest BCUT2D eigenvalue weighted by atomic mass is 10.1. The second-order valence-electron chi connectivity index (χ2n) is 7.09. The van der Waals surface area contributed by atoms with Crippen molar-refractivity contribution in [3.8, 4) is 0 Å². The molecule has 28 heavy (non-hydrogen) atoms. The highest BCUT2D eigenvalue weighted by Crippen LogP contribution is 2.27. The molecule has 1 amide bonds. The first-order chi connectivity index (χ1) is 13.5. The average molecular weight is 399 g/mol. The Bertz CT molecular complexity index is 1050. The van der Waals surface area contributed by atoms with Gasteiger partial charge < -0.3 is 9.47 Å². The number of rotatable bonds is 4. The molecule has 1 aliphatic rings. The Kier molecular flexibility index (Phi) is 5.18. The molecule has 0 N–H and O–H groups in total. The molecule has 0 atom stereocenters. The zero-order chi connectivity index (χ0) is 19.7. The van der Waals surface area contributed by atoms with Gasteiger partial charge in [-0.2, -0.15) is 0 Å². The summed E-state index contributed by atoms with van der Waals surface area (Å²) >= 11 is 6.15. The first-order valence-electron chi connectivity index (χ1n) is 9.40. The number of aromatic nitrogens is 1. The van der Waals surface area contributed by atoms with Crippen molar-refractivity contribution in [2.45, 2.75) is 25.8 Å². The van der Waals surface area contributed by atoms with Crippen LogP contribution in [0.15, 0.2) is 48.7 Å². The minimum atomic E-state index is -0.549. The van der Waals surface area contributed by atoms with Gasteiger partial charge in [0.05, 0.1) is 23.2 Å². The van der Waals surface area contributed by atoms with E-state index in [1.165, 1.54) is 12.1 Å². The van der Waals surface area contributed by atoms with Crippen LogP contribution in [0.2, 0.25) is 5.02 Å². The van der Waals surface area contributed by atoms with E-state index in [0.29, 0.717) is 16.1 Å². The fraction of sp³-hybridized carbons (Fsp3) is 0.273. The third kappa shape index (κ3) is 3.54. The summed E-state index contributed by atoms with van der Waals surface area (Å²) in [6.45, 7) is 1.42. The number of ketones is 1. The lowest BCUT2D eigenvalue weighted by Crippen LogP contribution is -2.35. The molecule has 4 rings (SSSR count). The smallest absolute Gasteiger partial charge is 0.256 e. The Morgan fingerprint density at radius 1 is 1.00 bits per heavy atom. The summed E-state index contributed by atoms with van der Waals surface area (Å²) in [6, 6.07) is 11.2. The molecule has 1 aliphatic heterocycles. The Balaban J connectivity index is 1.72. The van der Waals surface area contributed by atoms with Crippen LogP contribution in [0.25, 0.3) is 10.9 Å². The summed E-state index contributed by atoms with van der Waals surface area (Å²) in [5.41, 5.74) is 1.28. The van der Waals surface area contributed by atoms with Crippen molar-refractivity contribution in [1.29, 1.82) is 0 Å². The number of fused-ring (bicyclic) bond motifs is 1. The summed E-state index contributed by atoms with van der Waals surface area (Å²) in [5, 5.41) is 1.27. The number of Topliss-reactive ketones (excluding diaryl/α,β-unsaturated/α-hetero) is 1. The fourth-order valence-electron chi connectivity index (χ4n) is 3.76. The van der Waals surface area contributed by atoms with Crippen molar-refractivity contribution in [2.75, 3.05) is 13.1 Å². The van der Waals surface area contributed by atoms with Crippen molar-refractivity contribution in [2.24, 2.45) is 0 Å². The van der Waals surface area contributed by atoms with E-state index < -0.39 is 5.82 Å². The quantitative estimate of drug-likeness (QED) is 0.584. The van der Waals surface area contributed by atoms with E-state index in [2.05, 4.69) is 0 Å². The minimum absolute atomic E-state index is 0.0373. The molecule has 1 fully saturated rings. The van der Waals surface area contributed by atoms with Crippen LogP contribution in [0, 0.1) is 5.82 Å². The van der Waals surface area contributed by atoms with Crippen LogP contribution < -0.4 is 0 Å². The minimum Gasteiger partial charge on any atom is -0.339 e. The zero-order valence-electron chi connectivity index (χ0n) is 15.3. The zero-order valence-corrected chi connectivity index (χ0v) is 16.1. The molecule has 2 heterocycles. The molecule has 0 spiro atoms. The second kappa shape index (κ2) is 7.76. The van der Waals surface area contributed by atoms with Crippen LogP contribution in [-0.4, -0.2) is 34.2 Å². The lowest BCUT2D eigenvalue weighted by molar-refractivity contribution is 0.0725. The summed E-state index contributed by atoms with van der Waals surface area (Å²) in [5.74, 6) is -0.942. The number of nitrogens with zero attached hydrogens (tertiary/aromatic N) is 2. The molecule has 4 nitrogen and oxygen atoms in total. The van der Waals surface area contributed by atoms with Gasteiger partial charge in [-0.1, -0.05) is 29.8 Å². The standard InChI is InChI=1S/C22H20ClFN2O2/c23-15-8-9-16-18(22(28)25-10-4-1-5-11-25)13-26(20(16)12-15)14-21(27)17-6-2-3-7-19(17)24/h2-3,6-9,12-13H,1,4-5,10-11,14H2. The molecule has 2 aromatic carbocycles. The largest absolute Gasteiger partial charge is 0.339 e. The maximum absolute atomic E-state index is 14.0. The highest BCUT2D eigenvalue weighted by molar-refractivity contribution is 6.31. The first kappa shape index (κ1) is 18.7. The topological polar surface area (TPSA) is 42.3 Å². The predicted molar refractivity (Wildman–Crippen MR) is 107 cm³/mol. The van der Waals surface area contributed by atoms with Crippen molar-refractivity contribution < 1.29 is 14.0 Å². The van der Waals surface area contributed by atoms with Gasteiger partial charge in [-0.25, -0.2) is 4.39 Å². The Morgan fingerprint density at radius 2 is 1.75 bits per heavy atom. The van der Waals surface area contributed by atoms with Gasteiger partial charge in [0, 0.05) is 29.7 Å². The SMILES string of the molecule is O=C(Cn1cc(C(=O)N2CCCCC2)c2ccc(Cl)cc21)c1ccccc1F. The number of amides is 1. The molecule has 0 bridgehead atoms. The highest BCUT2D eigenvalue weighted by atomic mass is 35.5. The van der Waals surface area contributed by atoms with Gasteiger partial charge in [0.2, 0.25) is 0 Å². The van der Waals surface area contributed by atoms with Crippen LogP contribution in [0.1, 0.15) is 40.0 Å². The number of piperidine rings is 1. The number of benzene rings is 2. The Labute approximate surface area is 167 Å². The predicted octanol–water partition coefficient (Wildman–Crippen LogP) is 4.94. The molecule has 0 aliphatic carbocycles. The van der Waals surface area contributed by atoms with Gasteiger partial charge in [-0.3, -0.25) is 9.59 Å². The summed E-state index contributed by atoms with van der Waals surface area (Å²) in [6.07, 6.45) is 4.83. The van der Waals surface area contributed by atoms with Crippen LogP contribution in [0.5, 0.6) is 0 Å². The van der Waals surface area contributed by atoms with Gasteiger partial charge in [0.15, 0.2) is 5.78 Å². The van der Waals surface area contributed by atoms with E-state index in [1.807, 2.05) is 4.90 Å². The number of hydrogen-bond acceptors (Lipinski definition) is 2. The monoisotopic (exact) mass is 398 g/mol. The maximum atomic E-state index is 14.0. The fourth-order valence-corrected chi connectivity index (χ4v) is 3.93. The van der Waals surface area contributed by atoms with E-state index in [-0.39, 0.29) is 23.8 Å². The van der Waals surface area contributed by atoms with Crippen molar-refractivity contribution >= 4 is 34.2 Å². The van der Waals surface area contributed by atoms with E-state index >= 15 is 0 Å². The molecule has 144 valence electrons. The first-order valence-corrected chi connectivity index (χ1v) is 9.78. The van der Waals surface area contributed by atoms with E-state index in [0.717, 1.165) is 37.7 Å². The molecule has 0 saturated carbocycles. The van der Waals surface area contributed by atoms with Gasteiger partial charge in [-0.05, 0) is 43.5 Å². The third-order valence-corrected chi connectivity index (χ3v) is 5.44. The molecule has 1 saturated heterocycles. The van der Waals surface area contributed by atoms with Gasteiger partial charge in [0.1, 0.15) is 5.82 Å². The van der Waals surface area contributed by atoms with Crippen LogP contribution >= 0.6 is 11.6 Å². The lowest BCUT2D eigenvalue weighted by Gasteiger charge is -2.26. The number of likely N-dealkylation sites (tertiary alicyclic amines) is 1. The molecule has 6 heteroatoms. The van der Waals surface area contributed by atoms with Gasteiger partial charge >= 0.3 is 0 Å². The van der Waals surface area contributed by atoms with E-state index in [9.17, 15) is 14.0 Å². The van der Waals surface area contributed by atoms with Crippen molar-refractivity contribution in [1.82, 2.24) is 9.47 Å². The number of carbonyl (C=O) groups excluding carboxylic acids is 2. The van der Waals surface area contributed by atoms with Crippen LogP contribution in [0.4, 0.5) is 4.39 Å². The van der Waals surface area contributed by atoms with Crippen molar-refractivity contribution in [3.05, 3.63) is 70.6 Å². The Hall–Kier alpha value is -2.66. The summed E-state index contributed by atoms with van der Waals surface area (Å²) < 4.78 is 15.7. The number of carbonyl (C=O) groups is 2. The molecular formula is C22H20ClFN2O2. The van der Waals surface area contributed by atoms with Crippen LogP contribution in [0.3, 0.4) is 0 Å². The third-order valence-electron chi connectivity index (χ3n) is 5.21. The molecule has 3 aromatic rings. The number of hydrogen-bond donors (Lipinski definition) is 0. The van der Waals surface area contributed by atoms with Crippen molar-refractivity contribution in [3.63, 3.8) is 0 Å². The molecule has 0 unspecified atom stereocenters. The van der Waals surface area contributed by atoms with Gasteiger partial charge in [0.25, 0.3) is 5.91 Å².